The number of anilines is 1. The monoisotopic (exact) mass is 402 g/mol. The van der Waals surface area contributed by atoms with Crippen LogP contribution in [-0.2, 0) is 5.75 Å². The Hall–Kier alpha value is -2.84. The third-order valence-corrected chi connectivity index (χ3v) is 4.89. The molecule has 0 fully saturated rings. The smallest absolute Gasteiger partial charge is 0.258 e. The second-order valence-electron chi connectivity index (χ2n) is 5.59. The van der Waals surface area contributed by atoms with Crippen molar-refractivity contribution in [3.8, 4) is 0 Å². The molecule has 7 nitrogen and oxygen atoms in total. The molecule has 3 rings (SSSR count). The fourth-order valence-electron chi connectivity index (χ4n) is 2.30. The molecule has 0 aliphatic rings. The fraction of sp³-hybridized carbons (Fsp3) is 0.111. The summed E-state index contributed by atoms with van der Waals surface area (Å²) in [6.45, 7) is 1.81. The van der Waals surface area contributed by atoms with Crippen molar-refractivity contribution in [2.45, 2.75) is 17.7 Å². The number of primary amides is 1. The van der Waals surface area contributed by atoms with Crippen LogP contribution in [-0.4, -0.2) is 22.0 Å². The topological polar surface area (TPSA) is 111 Å². The molecule has 3 aromatic rings. The quantitative estimate of drug-likeness (QED) is 0.608. The van der Waals surface area contributed by atoms with Crippen LogP contribution < -0.4 is 11.1 Å². The first-order valence-corrected chi connectivity index (χ1v) is 9.21. The number of nitrogens with one attached hydrogen (secondary N) is 1. The summed E-state index contributed by atoms with van der Waals surface area (Å²) in [7, 11) is 0. The number of carbonyl (C=O) groups excluding carboxylic acids is 2. The molecule has 0 saturated heterocycles. The van der Waals surface area contributed by atoms with Gasteiger partial charge in [0.2, 0.25) is 5.91 Å². The number of rotatable bonds is 6. The molecule has 0 bridgehead atoms. The lowest BCUT2D eigenvalue weighted by molar-refractivity contribution is 0.0998. The van der Waals surface area contributed by atoms with Gasteiger partial charge in [-0.25, -0.2) is 4.98 Å². The molecule has 0 aliphatic carbocycles. The predicted octanol–water partition coefficient (Wildman–Crippen LogP) is 3.67. The number of nitrogens with two attached hydrogens (primary N) is 1. The van der Waals surface area contributed by atoms with Crippen LogP contribution in [0.4, 0.5) is 5.69 Å². The summed E-state index contributed by atoms with van der Waals surface area (Å²) in [5.74, 6) is 0.269. The van der Waals surface area contributed by atoms with Crippen molar-refractivity contribution in [3.05, 3.63) is 70.2 Å². The van der Waals surface area contributed by atoms with Crippen LogP contribution in [0.15, 0.2) is 52.1 Å². The Balaban J connectivity index is 1.75. The first kappa shape index (κ1) is 18.9. The Morgan fingerprint density at radius 3 is 2.74 bits per heavy atom. The van der Waals surface area contributed by atoms with Gasteiger partial charge in [-0.15, -0.1) is 0 Å². The molecular weight excluding hydrogens is 388 g/mol. The summed E-state index contributed by atoms with van der Waals surface area (Å²) in [5, 5.41) is 7.41. The number of pyridine rings is 1. The number of aromatic nitrogens is 2. The van der Waals surface area contributed by atoms with E-state index < -0.39 is 5.91 Å². The average molecular weight is 403 g/mol. The summed E-state index contributed by atoms with van der Waals surface area (Å²) in [6, 6.07) is 9.69. The summed E-state index contributed by atoms with van der Waals surface area (Å²) in [4.78, 5) is 28.2. The highest BCUT2D eigenvalue weighted by Crippen LogP contribution is 2.26. The van der Waals surface area contributed by atoms with Crippen LogP contribution in [0.2, 0.25) is 5.02 Å². The van der Waals surface area contributed by atoms with Crippen molar-refractivity contribution >= 4 is 40.9 Å². The number of halogens is 1. The van der Waals surface area contributed by atoms with E-state index in [2.05, 4.69) is 15.5 Å². The van der Waals surface area contributed by atoms with Gasteiger partial charge in [-0.1, -0.05) is 28.5 Å². The molecule has 0 radical (unpaired) electrons. The molecule has 2 heterocycles. The van der Waals surface area contributed by atoms with Gasteiger partial charge in [0.25, 0.3) is 5.91 Å². The Bertz CT molecular complexity index is 1010. The molecule has 0 atom stereocenters. The van der Waals surface area contributed by atoms with E-state index in [1.54, 1.807) is 24.4 Å². The highest BCUT2D eigenvalue weighted by atomic mass is 35.5. The number of thioether (sulfide) groups is 1. The molecule has 1 aromatic carbocycles. The first-order chi connectivity index (χ1) is 12.9. The van der Waals surface area contributed by atoms with Crippen LogP contribution in [0.1, 0.15) is 32.2 Å². The van der Waals surface area contributed by atoms with Gasteiger partial charge in [0.05, 0.1) is 21.8 Å². The number of carbonyl (C=O) groups is 2. The van der Waals surface area contributed by atoms with Gasteiger partial charge in [0.1, 0.15) is 10.8 Å². The zero-order chi connectivity index (χ0) is 19.4. The lowest BCUT2D eigenvalue weighted by Gasteiger charge is -2.10. The van der Waals surface area contributed by atoms with Crippen LogP contribution in [0, 0.1) is 6.92 Å². The summed E-state index contributed by atoms with van der Waals surface area (Å²) < 4.78 is 5.04. The van der Waals surface area contributed by atoms with Gasteiger partial charge >= 0.3 is 0 Å². The molecule has 0 aliphatic heterocycles. The first-order valence-electron chi connectivity index (χ1n) is 7.85. The Labute approximate surface area is 164 Å². The second-order valence-corrected chi connectivity index (χ2v) is 6.96. The fourth-order valence-corrected chi connectivity index (χ4v) is 3.44. The predicted molar refractivity (Wildman–Crippen MR) is 103 cm³/mol. The standard InChI is InChI=1S/C18H15ClN4O3S/c1-10-7-12(23-26-10)9-27-18-14(3-2-6-21-18)17(25)22-11-4-5-13(16(20)24)15(19)8-11/h2-8H,9H2,1H3,(H2,20,24)(H,22,25). The zero-order valence-corrected chi connectivity index (χ0v) is 15.8. The lowest BCUT2D eigenvalue weighted by Crippen LogP contribution is -2.15. The van der Waals surface area contributed by atoms with E-state index in [0.29, 0.717) is 22.0 Å². The highest BCUT2D eigenvalue weighted by molar-refractivity contribution is 7.98. The number of benzene rings is 1. The summed E-state index contributed by atoms with van der Waals surface area (Å²) in [5.41, 5.74) is 7.04. The minimum absolute atomic E-state index is 0.169. The maximum Gasteiger partial charge on any atom is 0.258 e. The number of aryl methyl sites for hydroxylation is 1. The molecule has 3 N–H and O–H groups in total. The zero-order valence-electron chi connectivity index (χ0n) is 14.2. The molecule has 9 heteroatoms. The lowest BCUT2D eigenvalue weighted by atomic mass is 10.2. The second kappa shape index (κ2) is 8.24. The molecule has 138 valence electrons. The van der Waals surface area contributed by atoms with E-state index in [1.807, 2.05) is 13.0 Å². The SMILES string of the molecule is Cc1cc(CSc2ncccc2C(=O)Nc2ccc(C(N)=O)c(Cl)c2)no1. The maximum absolute atomic E-state index is 12.6. The van der Waals surface area contributed by atoms with E-state index in [9.17, 15) is 9.59 Å². The van der Waals surface area contributed by atoms with Gasteiger partial charge in [0, 0.05) is 23.7 Å². The average Bonchev–Trinajstić information content (AvgIpc) is 3.05. The Morgan fingerprint density at radius 2 is 2.07 bits per heavy atom. The largest absolute Gasteiger partial charge is 0.366 e. The molecule has 0 unspecified atom stereocenters. The van der Waals surface area contributed by atoms with E-state index in [0.717, 1.165) is 11.5 Å². The van der Waals surface area contributed by atoms with Gasteiger partial charge in [-0.05, 0) is 37.3 Å². The number of hydrogen-bond donors (Lipinski definition) is 2. The van der Waals surface area contributed by atoms with Gasteiger partial charge in [-0.3, -0.25) is 9.59 Å². The van der Waals surface area contributed by atoms with E-state index in [1.165, 1.54) is 23.9 Å². The number of hydrogen-bond acceptors (Lipinski definition) is 6. The Kier molecular flexibility index (Phi) is 5.78. The molecule has 0 spiro atoms. The van der Waals surface area contributed by atoms with Crippen LogP contribution in [0.25, 0.3) is 0 Å². The van der Waals surface area contributed by atoms with Crippen LogP contribution in [0.5, 0.6) is 0 Å². The number of nitrogens with zero attached hydrogens (tertiary/aromatic N) is 2. The van der Waals surface area contributed by atoms with Crippen molar-refractivity contribution in [3.63, 3.8) is 0 Å². The third-order valence-electron chi connectivity index (χ3n) is 3.54. The molecule has 0 saturated carbocycles. The van der Waals surface area contributed by atoms with Crippen molar-refractivity contribution < 1.29 is 14.1 Å². The number of amides is 2. The molecule has 2 amide bonds. The molecule has 2 aromatic heterocycles. The van der Waals surface area contributed by atoms with Crippen molar-refractivity contribution in [2.75, 3.05) is 5.32 Å². The van der Waals surface area contributed by atoms with Crippen molar-refractivity contribution in [1.82, 2.24) is 10.1 Å². The van der Waals surface area contributed by atoms with Gasteiger partial charge in [0.15, 0.2) is 0 Å². The minimum atomic E-state index is -0.632. The normalized spacial score (nSPS) is 10.6. The van der Waals surface area contributed by atoms with Gasteiger partial charge in [-0.2, -0.15) is 0 Å². The van der Waals surface area contributed by atoms with E-state index >= 15 is 0 Å². The van der Waals surface area contributed by atoms with Gasteiger partial charge < -0.3 is 15.6 Å². The maximum atomic E-state index is 12.6. The van der Waals surface area contributed by atoms with Crippen molar-refractivity contribution in [2.24, 2.45) is 5.73 Å². The van der Waals surface area contributed by atoms with Crippen LogP contribution >= 0.6 is 23.4 Å². The van der Waals surface area contributed by atoms with E-state index in [-0.39, 0.29) is 16.5 Å². The molecule has 27 heavy (non-hydrogen) atoms. The highest BCUT2D eigenvalue weighted by Gasteiger charge is 2.15. The molecular formula is C18H15ClN4O3S. The van der Waals surface area contributed by atoms with Crippen LogP contribution in [0.3, 0.4) is 0 Å². The summed E-state index contributed by atoms with van der Waals surface area (Å²) in [6.07, 6.45) is 1.62. The van der Waals surface area contributed by atoms with E-state index in [4.69, 9.17) is 21.9 Å². The van der Waals surface area contributed by atoms with Crippen molar-refractivity contribution in [1.29, 1.82) is 0 Å². The minimum Gasteiger partial charge on any atom is -0.366 e. The Morgan fingerprint density at radius 1 is 1.26 bits per heavy atom. The summed E-state index contributed by atoms with van der Waals surface area (Å²) >= 11 is 7.40. The third kappa shape index (κ3) is 4.66.